The van der Waals surface area contributed by atoms with E-state index in [1.54, 1.807) is 18.2 Å². The van der Waals surface area contributed by atoms with Gasteiger partial charge in [-0.15, -0.1) is 0 Å². The van der Waals surface area contributed by atoms with Gasteiger partial charge in [0.15, 0.2) is 0 Å². The maximum Gasteiger partial charge on any atom is 0.252 e. The van der Waals surface area contributed by atoms with Crippen molar-refractivity contribution in [2.45, 2.75) is 25.7 Å². The molecule has 0 aliphatic heterocycles. The number of nitrogens with one attached hydrogen (secondary N) is 1. The van der Waals surface area contributed by atoms with Crippen molar-refractivity contribution in [3.8, 4) is 0 Å². The van der Waals surface area contributed by atoms with E-state index >= 15 is 0 Å². The minimum Gasteiger partial charge on any atom is -0.398 e. The van der Waals surface area contributed by atoms with Crippen LogP contribution in [0.15, 0.2) is 18.2 Å². The maximum absolute atomic E-state index is 11.9. The van der Waals surface area contributed by atoms with E-state index < -0.39 is 0 Å². The number of halogens is 1. The normalized spacial score (nSPS) is 16.1. The van der Waals surface area contributed by atoms with Gasteiger partial charge in [0.25, 0.3) is 5.91 Å². The summed E-state index contributed by atoms with van der Waals surface area (Å²) in [5.41, 5.74) is 6.57. The highest BCUT2D eigenvalue weighted by atomic mass is 35.5. The fraction of sp³-hybridized carbons (Fsp3) is 0.462. The number of rotatable bonds is 3. The molecule has 1 amide bonds. The second-order valence-electron chi connectivity index (χ2n) is 4.57. The molecule has 1 aliphatic rings. The van der Waals surface area contributed by atoms with Gasteiger partial charge in [-0.3, -0.25) is 4.79 Å². The molecule has 1 aliphatic carbocycles. The Bertz CT molecular complexity index is 414. The van der Waals surface area contributed by atoms with Crippen LogP contribution in [0.1, 0.15) is 36.0 Å². The fourth-order valence-corrected chi connectivity index (χ4v) is 2.48. The van der Waals surface area contributed by atoms with Gasteiger partial charge in [-0.2, -0.15) is 0 Å². The number of hydrogen-bond donors (Lipinski definition) is 2. The number of anilines is 1. The first-order valence-corrected chi connectivity index (χ1v) is 6.38. The zero-order valence-corrected chi connectivity index (χ0v) is 10.5. The number of amides is 1. The van der Waals surface area contributed by atoms with Crippen molar-refractivity contribution in [2.24, 2.45) is 5.92 Å². The van der Waals surface area contributed by atoms with Crippen LogP contribution in [0.4, 0.5) is 5.69 Å². The van der Waals surface area contributed by atoms with Crippen LogP contribution in [0.3, 0.4) is 0 Å². The lowest BCUT2D eigenvalue weighted by Gasteiger charge is -2.11. The van der Waals surface area contributed by atoms with Gasteiger partial charge in [-0.1, -0.05) is 30.5 Å². The molecule has 1 fully saturated rings. The molecule has 3 nitrogen and oxygen atoms in total. The van der Waals surface area contributed by atoms with Crippen LogP contribution >= 0.6 is 11.6 Å². The molecule has 3 N–H and O–H groups in total. The van der Waals surface area contributed by atoms with E-state index in [-0.39, 0.29) is 5.91 Å². The number of carbonyl (C=O) groups is 1. The van der Waals surface area contributed by atoms with Crippen molar-refractivity contribution >= 4 is 23.2 Å². The van der Waals surface area contributed by atoms with Crippen LogP contribution in [0.5, 0.6) is 0 Å². The molecule has 0 unspecified atom stereocenters. The highest BCUT2D eigenvalue weighted by molar-refractivity contribution is 6.36. The lowest BCUT2D eigenvalue weighted by molar-refractivity contribution is 0.0947. The highest BCUT2D eigenvalue weighted by Gasteiger charge is 2.17. The molecule has 0 bridgehead atoms. The first kappa shape index (κ1) is 12.2. The molecule has 4 heteroatoms. The zero-order chi connectivity index (χ0) is 12.3. The van der Waals surface area contributed by atoms with Crippen LogP contribution in [-0.4, -0.2) is 12.5 Å². The maximum atomic E-state index is 11.9. The Balaban J connectivity index is 1.97. The van der Waals surface area contributed by atoms with Gasteiger partial charge < -0.3 is 11.1 Å². The lowest BCUT2D eigenvalue weighted by atomic mass is 10.1. The zero-order valence-electron chi connectivity index (χ0n) is 9.71. The van der Waals surface area contributed by atoms with E-state index in [1.807, 2.05) is 0 Å². The molecule has 0 radical (unpaired) electrons. The molecule has 92 valence electrons. The van der Waals surface area contributed by atoms with Crippen molar-refractivity contribution in [3.63, 3.8) is 0 Å². The van der Waals surface area contributed by atoms with Gasteiger partial charge in [-0.05, 0) is 30.9 Å². The Labute approximate surface area is 106 Å². The van der Waals surface area contributed by atoms with Crippen molar-refractivity contribution in [3.05, 3.63) is 28.8 Å². The summed E-state index contributed by atoms with van der Waals surface area (Å²) in [5.74, 6) is 0.494. The van der Waals surface area contributed by atoms with Crippen LogP contribution < -0.4 is 11.1 Å². The summed E-state index contributed by atoms with van der Waals surface area (Å²) in [4.78, 5) is 11.9. The molecule has 0 heterocycles. The summed E-state index contributed by atoms with van der Waals surface area (Å²) in [5, 5.41) is 3.27. The highest BCUT2D eigenvalue weighted by Crippen LogP contribution is 2.25. The van der Waals surface area contributed by atoms with Crippen molar-refractivity contribution in [2.75, 3.05) is 12.3 Å². The monoisotopic (exact) mass is 252 g/mol. The molecule has 1 aromatic carbocycles. The summed E-state index contributed by atoms with van der Waals surface area (Å²) in [7, 11) is 0. The summed E-state index contributed by atoms with van der Waals surface area (Å²) >= 11 is 6.00. The van der Waals surface area contributed by atoms with Crippen molar-refractivity contribution < 1.29 is 4.79 Å². The first-order valence-electron chi connectivity index (χ1n) is 6.00. The van der Waals surface area contributed by atoms with Gasteiger partial charge in [0.05, 0.1) is 16.3 Å². The largest absolute Gasteiger partial charge is 0.398 e. The van der Waals surface area contributed by atoms with E-state index in [0.717, 1.165) is 6.54 Å². The van der Waals surface area contributed by atoms with Gasteiger partial charge in [0, 0.05) is 6.54 Å². The average molecular weight is 253 g/mol. The van der Waals surface area contributed by atoms with Crippen LogP contribution in [0.2, 0.25) is 5.02 Å². The predicted octanol–water partition coefficient (Wildman–Crippen LogP) is 2.84. The van der Waals surface area contributed by atoms with Crippen molar-refractivity contribution in [1.29, 1.82) is 0 Å². The number of nitrogen functional groups attached to an aromatic ring is 1. The molecule has 0 spiro atoms. The second kappa shape index (κ2) is 5.41. The van der Waals surface area contributed by atoms with Gasteiger partial charge >= 0.3 is 0 Å². The average Bonchev–Trinajstić information content (AvgIpc) is 2.82. The summed E-state index contributed by atoms with van der Waals surface area (Å²) in [6.45, 7) is 0.740. The third kappa shape index (κ3) is 2.91. The number of carbonyl (C=O) groups excluding carboxylic acids is 1. The Hall–Kier alpha value is -1.22. The van der Waals surface area contributed by atoms with Gasteiger partial charge in [-0.25, -0.2) is 0 Å². The molecule has 17 heavy (non-hydrogen) atoms. The number of hydrogen-bond acceptors (Lipinski definition) is 2. The minimum atomic E-state index is -0.130. The Morgan fingerprint density at radius 1 is 1.41 bits per heavy atom. The van der Waals surface area contributed by atoms with E-state index in [9.17, 15) is 4.79 Å². The quantitative estimate of drug-likeness (QED) is 0.813. The fourth-order valence-electron chi connectivity index (χ4n) is 2.27. The molecule has 0 aromatic heterocycles. The molecule has 1 saturated carbocycles. The van der Waals surface area contributed by atoms with Crippen LogP contribution in [0.25, 0.3) is 0 Å². The predicted molar refractivity (Wildman–Crippen MR) is 70.2 cm³/mol. The molecule has 2 rings (SSSR count). The van der Waals surface area contributed by atoms with Crippen LogP contribution in [0, 0.1) is 5.92 Å². The first-order chi connectivity index (χ1) is 8.18. The molecular formula is C13H17ClN2O. The van der Waals surface area contributed by atoms with E-state index in [1.165, 1.54) is 25.7 Å². The minimum absolute atomic E-state index is 0.130. The Morgan fingerprint density at radius 2 is 2.12 bits per heavy atom. The number of nitrogens with two attached hydrogens (primary N) is 1. The third-order valence-corrected chi connectivity index (χ3v) is 3.72. The molecule has 0 atom stereocenters. The lowest BCUT2D eigenvalue weighted by Crippen LogP contribution is -2.28. The topological polar surface area (TPSA) is 55.1 Å². The van der Waals surface area contributed by atoms with E-state index in [2.05, 4.69) is 5.32 Å². The Kier molecular flexibility index (Phi) is 3.89. The third-order valence-electron chi connectivity index (χ3n) is 3.30. The number of benzene rings is 1. The SMILES string of the molecule is Nc1cccc(C(=O)NCC2CCCC2)c1Cl. The van der Waals surface area contributed by atoms with Gasteiger partial charge in [0.1, 0.15) is 0 Å². The summed E-state index contributed by atoms with van der Waals surface area (Å²) in [6.07, 6.45) is 4.98. The van der Waals surface area contributed by atoms with E-state index in [0.29, 0.717) is 22.2 Å². The molecule has 1 aromatic rings. The summed E-state index contributed by atoms with van der Waals surface area (Å²) in [6, 6.07) is 5.13. The van der Waals surface area contributed by atoms with Crippen molar-refractivity contribution in [1.82, 2.24) is 5.32 Å². The summed E-state index contributed by atoms with van der Waals surface area (Å²) < 4.78 is 0. The smallest absolute Gasteiger partial charge is 0.252 e. The van der Waals surface area contributed by atoms with Gasteiger partial charge in [0.2, 0.25) is 0 Å². The second-order valence-corrected chi connectivity index (χ2v) is 4.95. The molecule has 0 saturated heterocycles. The van der Waals surface area contributed by atoms with Crippen LogP contribution in [-0.2, 0) is 0 Å². The molecular weight excluding hydrogens is 236 g/mol. The standard InChI is InChI=1S/C13H17ClN2O/c14-12-10(6-3-7-11(12)15)13(17)16-8-9-4-1-2-5-9/h3,6-7,9H,1-2,4-5,8,15H2,(H,16,17). The Morgan fingerprint density at radius 3 is 2.82 bits per heavy atom. The van der Waals surface area contributed by atoms with E-state index in [4.69, 9.17) is 17.3 Å².